The quantitative estimate of drug-likeness (QED) is 0.716. The van der Waals surface area contributed by atoms with Crippen molar-refractivity contribution in [2.24, 2.45) is 0 Å². The van der Waals surface area contributed by atoms with E-state index in [1.165, 1.54) is 25.0 Å². The minimum atomic E-state index is -0.447. The minimum Gasteiger partial charge on any atom is -0.506 e. The average Bonchev–Trinajstić information content (AvgIpc) is 2.69. The highest BCUT2D eigenvalue weighted by Crippen LogP contribution is 2.41. The zero-order valence-corrected chi connectivity index (χ0v) is 16.2. The number of aryl methyl sites for hydroxylation is 1. The molecule has 0 aromatic heterocycles. The molecule has 144 valence electrons. The minimum absolute atomic E-state index is 0.0928. The molecule has 2 N–H and O–H groups in total. The van der Waals surface area contributed by atoms with Crippen LogP contribution in [0.2, 0.25) is 0 Å². The third-order valence-electron chi connectivity index (χ3n) is 4.77. The Labute approximate surface area is 163 Å². The second kappa shape index (κ2) is 7.60. The first-order valence-electron chi connectivity index (χ1n) is 8.79. The molecule has 3 rings (SSSR count). The molecule has 28 heavy (non-hydrogen) atoms. The van der Waals surface area contributed by atoms with Gasteiger partial charge in [-0.2, -0.15) is 0 Å². The van der Waals surface area contributed by atoms with Gasteiger partial charge in [0.25, 0.3) is 5.91 Å². The maximum absolute atomic E-state index is 12.8. The van der Waals surface area contributed by atoms with Crippen molar-refractivity contribution in [3.05, 3.63) is 59.7 Å². The Bertz CT molecular complexity index is 1080. The number of rotatable bonds is 4. The average molecular weight is 378 g/mol. The van der Waals surface area contributed by atoms with E-state index < -0.39 is 5.91 Å². The predicted octanol–water partition coefficient (Wildman–Crippen LogP) is 4.10. The second-order valence-corrected chi connectivity index (χ2v) is 6.52. The van der Waals surface area contributed by atoms with Crippen LogP contribution in [-0.4, -0.2) is 31.1 Å². The highest BCUT2D eigenvalue weighted by molar-refractivity contribution is 6.14. The molecule has 3 aromatic rings. The van der Waals surface area contributed by atoms with Gasteiger partial charge in [-0.1, -0.05) is 30.3 Å². The Morgan fingerprint density at radius 3 is 2.46 bits per heavy atom. The van der Waals surface area contributed by atoms with Gasteiger partial charge in [0.15, 0.2) is 0 Å². The molecule has 0 aliphatic carbocycles. The lowest BCUT2D eigenvalue weighted by Gasteiger charge is -2.20. The number of amides is 2. The maximum Gasteiger partial charge on any atom is 0.259 e. The van der Waals surface area contributed by atoms with Gasteiger partial charge in [0.05, 0.1) is 23.7 Å². The molecule has 0 saturated carbocycles. The number of phenolic OH excluding ortho intramolecular Hbond substituents is 1. The molecule has 6 nitrogen and oxygen atoms in total. The lowest BCUT2D eigenvalue weighted by molar-refractivity contribution is -0.116. The van der Waals surface area contributed by atoms with E-state index in [0.717, 1.165) is 5.56 Å². The fourth-order valence-electron chi connectivity index (χ4n) is 3.10. The zero-order chi connectivity index (χ0) is 20.4. The van der Waals surface area contributed by atoms with Gasteiger partial charge in [-0.15, -0.1) is 0 Å². The van der Waals surface area contributed by atoms with Crippen molar-refractivity contribution in [1.82, 2.24) is 0 Å². The number of nitrogens with one attached hydrogen (secondary N) is 1. The van der Waals surface area contributed by atoms with Crippen LogP contribution in [0.3, 0.4) is 0 Å². The summed E-state index contributed by atoms with van der Waals surface area (Å²) in [6.07, 6.45) is 0. The monoisotopic (exact) mass is 378 g/mol. The van der Waals surface area contributed by atoms with Crippen LogP contribution in [0.15, 0.2) is 48.5 Å². The SMILES string of the molecule is COc1cc(C(=O)Nc2ccccc2C)c(O)c2cccc(N(C)C(C)=O)c12. The van der Waals surface area contributed by atoms with E-state index in [1.807, 2.05) is 25.1 Å². The number of hydrogen-bond donors (Lipinski definition) is 2. The number of ether oxygens (including phenoxy) is 1. The van der Waals surface area contributed by atoms with Crippen LogP contribution in [0, 0.1) is 6.92 Å². The predicted molar refractivity (Wildman–Crippen MR) is 110 cm³/mol. The fourth-order valence-corrected chi connectivity index (χ4v) is 3.10. The van der Waals surface area contributed by atoms with Crippen LogP contribution in [0.4, 0.5) is 11.4 Å². The summed E-state index contributed by atoms with van der Waals surface area (Å²) in [6.45, 7) is 3.34. The van der Waals surface area contributed by atoms with E-state index >= 15 is 0 Å². The molecule has 0 heterocycles. The van der Waals surface area contributed by atoms with Crippen molar-refractivity contribution in [1.29, 1.82) is 0 Å². The van der Waals surface area contributed by atoms with Crippen LogP contribution >= 0.6 is 0 Å². The number of methoxy groups -OCH3 is 1. The summed E-state index contributed by atoms with van der Waals surface area (Å²) in [5, 5.41) is 14.6. The number of phenols is 1. The van der Waals surface area contributed by atoms with Crippen molar-refractivity contribution in [3.63, 3.8) is 0 Å². The summed E-state index contributed by atoms with van der Waals surface area (Å²) in [5.41, 5.74) is 2.25. The van der Waals surface area contributed by atoms with Crippen molar-refractivity contribution in [2.45, 2.75) is 13.8 Å². The molecule has 0 atom stereocenters. The molecule has 0 aliphatic heterocycles. The standard InChI is InChI=1S/C22H22N2O4/c1-13-8-5-6-10-17(13)23-22(27)16-12-19(28-4)20-15(21(16)26)9-7-11-18(20)24(3)14(2)25/h5-12,26H,1-4H3,(H,23,27). The maximum atomic E-state index is 12.8. The van der Waals surface area contributed by atoms with Crippen LogP contribution in [0.1, 0.15) is 22.8 Å². The first kappa shape index (κ1) is 19.2. The number of anilines is 2. The first-order chi connectivity index (χ1) is 13.3. The van der Waals surface area contributed by atoms with E-state index in [2.05, 4.69) is 5.32 Å². The molecule has 0 fully saturated rings. The number of carbonyl (C=O) groups excluding carboxylic acids is 2. The van der Waals surface area contributed by atoms with E-state index in [4.69, 9.17) is 4.74 Å². The van der Waals surface area contributed by atoms with E-state index in [0.29, 0.717) is 27.9 Å². The molecule has 0 unspecified atom stereocenters. The largest absolute Gasteiger partial charge is 0.506 e. The Hall–Kier alpha value is -3.54. The van der Waals surface area contributed by atoms with Gasteiger partial charge in [0.2, 0.25) is 5.91 Å². The zero-order valence-electron chi connectivity index (χ0n) is 16.2. The Morgan fingerprint density at radius 1 is 1.11 bits per heavy atom. The van der Waals surface area contributed by atoms with Gasteiger partial charge < -0.3 is 20.1 Å². The first-order valence-corrected chi connectivity index (χ1v) is 8.79. The molecule has 0 aliphatic rings. The van der Waals surface area contributed by atoms with E-state index in [-0.39, 0.29) is 17.2 Å². The summed E-state index contributed by atoms with van der Waals surface area (Å²) in [6, 6.07) is 14.1. The molecule has 6 heteroatoms. The summed E-state index contributed by atoms with van der Waals surface area (Å²) in [7, 11) is 3.13. The normalized spacial score (nSPS) is 10.6. The lowest BCUT2D eigenvalue weighted by atomic mass is 10.0. The van der Waals surface area contributed by atoms with Crippen LogP contribution < -0.4 is 15.0 Å². The van der Waals surface area contributed by atoms with Gasteiger partial charge in [-0.3, -0.25) is 9.59 Å². The van der Waals surface area contributed by atoms with Gasteiger partial charge in [-0.25, -0.2) is 0 Å². The molecule has 2 amide bonds. The Morgan fingerprint density at radius 2 is 1.82 bits per heavy atom. The second-order valence-electron chi connectivity index (χ2n) is 6.52. The molecule has 3 aromatic carbocycles. The van der Waals surface area contributed by atoms with Crippen LogP contribution in [-0.2, 0) is 4.79 Å². The van der Waals surface area contributed by atoms with Crippen molar-refractivity contribution in [2.75, 3.05) is 24.4 Å². The Kier molecular flexibility index (Phi) is 5.22. The third-order valence-corrected chi connectivity index (χ3v) is 4.77. The highest BCUT2D eigenvalue weighted by Gasteiger charge is 2.22. The summed E-state index contributed by atoms with van der Waals surface area (Å²) < 4.78 is 5.49. The number of para-hydroxylation sites is 1. The van der Waals surface area contributed by atoms with Crippen LogP contribution in [0.25, 0.3) is 10.8 Å². The van der Waals surface area contributed by atoms with Crippen molar-refractivity contribution < 1.29 is 19.4 Å². The van der Waals surface area contributed by atoms with Crippen molar-refractivity contribution in [3.8, 4) is 11.5 Å². The number of fused-ring (bicyclic) bond motifs is 1. The molecular formula is C22H22N2O4. The molecular weight excluding hydrogens is 356 g/mol. The molecule has 0 bridgehead atoms. The number of hydrogen-bond acceptors (Lipinski definition) is 4. The van der Waals surface area contributed by atoms with Gasteiger partial charge >= 0.3 is 0 Å². The fraction of sp³-hybridized carbons (Fsp3) is 0.182. The smallest absolute Gasteiger partial charge is 0.259 e. The Balaban J connectivity index is 2.16. The molecule has 0 radical (unpaired) electrons. The number of nitrogens with zero attached hydrogens (tertiary/aromatic N) is 1. The molecule has 0 spiro atoms. The topological polar surface area (TPSA) is 78.9 Å². The van der Waals surface area contributed by atoms with Gasteiger partial charge in [0, 0.05) is 25.0 Å². The third kappa shape index (κ3) is 3.36. The summed E-state index contributed by atoms with van der Waals surface area (Å²) >= 11 is 0. The number of benzene rings is 3. The van der Waals surface area contributed by atoms with Gasteiger partial charge in [-0.05, 0) is 30.7 Å². The van der Waals surface area contributed by atoms with Gasteiger partial charge in [0.1, 0.15) is 11.5 Å². The number of carbonyl (C=O) groups is 2. The van der Waals surface area contributed by atoms with E-state index in [1.54, 1.807) is 31.3 Å². The molecule has 0 saturated heterocycles. The number of aromatic hydroxyl groups is 1. The van der Waals surface area contributed by atoms with E-state index in [9.17, 15) is 14.7 Å². The lowest BCUT2D eigenvalue weighted by Crippen LogP contribution is -2.23. The highest BCUT2D eigenvalue weighted by atomic mass is 16.5. The van der Waals surface area contributed by atoms with Crippen molar-refractivity contribution >= 4 is 34.0 Å². The summed E-state index contributed by atoms with van der Waals surface area (Å²) in [4.78, 5) is 26.1. The summed E-state index contributed by atoms with van der Waals surface area (Å²) in [5.74, 6) is -0.375. The van der Waals surface area contributed by atoms with Crippen LogP contribution in [0.5, 0.6) is 11.5 Å².